The van der Waals surface area contributed by atoms with Gasteiger partial charge in [0.25, 0.3) is 0 Å². The fourth-order valence-electron chi connectivity index (χ4n) is 1.28. The van der Waals surface area contributed by atoms with E-state index in [1.165, 1.54) is 0 Å². The van der Waals surface area contributed by atoms with Crippen LogP contribution in [-0.2, 0) is 6.42 Å². The smallest absolute Gasteiger partial charge is 0.234 e. The maximum atomic E-state index is 5.83. The minimum absolute atomic E-state index is 0.258. The Balaban J connectivity index is 2.11. The van der Waals surface area contributed by atoms with Gasteiger partial charge in [-0.25, -0.2) is 0 Å². The monoisotopic (exact) mass is 256 g/mol. The van der Waals surface area contributed by atoms with Crippen molar-refractivity contribution in [3.8, 4) is 0 Å². The third-order valence-electron chi connectivity index (χ3n) is 2.09. The predicted octanol–water partition coefficient (Wildman–Crippen LogP) is 3.61. The van der Waals surface area contributed by atoms with E-state index in [4.69, 9.17) is 27.6 Å². The van der Waals surface area contributed by atoms with Crippen molar-refractivity contribution in [2.45, 2.75) is 18.7 Å². The zero-order valence-corrected chi connectivity index (χ0v) is 10.2. The van der Waals surface area contributed by atoms with Gasteiger partial charge in [-0.1, -0.05) is 23.7 Å². The summed E-state index contributed by atoms with van der Waals surface area (Å²) in [5.41, 5.74) is 1.07. The predicted molar refractivity (Wildman–Crippen MR) is 62.8 cm³/mol. The molecule has 2 rings (SSSR count). The van der Waals surface area contributed by atoms with Gasteiger partial charge in [0.05, 0.1) is 6.42 Å². The number of alkyl halides is 1. The van der Waals surface area contributed by atoms with Crippen LogP contribution in [0.3, 0.4) is 0 Å². The van der Waals surface area contributed by atoms with Crippen LogP contribution < -0.4 is 0 Å². The second kappa shape index (κ2) is 4.85. The van der Waals surface area contributed by atoms with Gasteiger partial charge in [0.2, 0.25) is 11.8 Å². The third kappa shape index (κ3) is 2.74. The van der Waals surface area contributed by atoms with Gasteiger partial charge >= 0.3 is 0 Å². The lowest BCUT2D eigenvalue weighted by atomic mass is 10.1. The summed E-state index contributed by atoms with van der Waals surface area (Å²) in [7, 11) is 0. The van der Waals surface area contributed by atoms with E-state index in [1.54, 1.807) is 6.92 Å². The molecule has 0 bridgehead atoms. The van der Waals surface area contributed by atoms with Crippen LogP contribution in [0, 0.1) is 0 Å². The summed E-state index contributed by atoms with van der Waals surface area (Å²) in [5.74, 6) is 1.01. The van der Waals surface area contributed by atoms with Crippen molar-refractivity contribution in [1.82, 2.24) is 10.2 Å². The molecule has 0 N–H and O–H groups in total. The van der Waals surface area contributed by atoms with Crippen LogP contribution >= 0.6 is 23.2 Å². The van der Waals surface area contributed by atoms with Gasteiger partial charge in [-0.2, -0.15) is 0 Å². The summed E-state index contributed by atoms with van der Waals surface area (Å²) in [5, 5.41) is 8.23. The highest BCUT2D eigenvalue weighted by Gasteiger charge is 2.11. The van der Waals surface area contributed by atoms with Crippen molar-refractivity contribution in [3.63, 3.8) is 0 Å². The van der Waals surface area contributed by atoms with Crippen molar-refractivity contribution in [1.29, 1.82) is 0 Å². The van der Waals surface area contributed by atoms with Crippen LogP contribution in [0.4, 0.5) is 0 Å². The van der Waals surface area contributed by atoms with Gasteiger partial charge in [-0.05, 0) is 24.6 Å². The Labute approximate surface area is 103 Å². The molecule has 0 aliphatic heterocycles. The number of hydrogen-bond donors (Lipinski definition) is 0. The van der Waals surface area contributed by atoms with Crippen molar-refractivity contribution in [3.05, 3.63) is 46.6 Å². The van der Waals surface area contributed by atoms with Crippen LogP contribution in [0.1, 0.15) is 29.6 Å². The molecule has 1 atom stereocenters. The Hall–Kier alpha value is -1.06. The fraction of sp³-hybridized carbons (Fsp3) is 0.273. The SMILES string of the molecule is CC(Cl)c1nnc(Cc2ccc(Cl)cc2)o1. The van der Waals surface area contributed by atoms with Crippen molar-refractivity contribution in [2.24, 2.45) is 0 Å². The van der Waals surface area contributed by atoms with Crippen LogP contribution in [-0.4, -0.2) is 10.2 Å². The Morgan fingerprint density at radius 1 is 1.25 bits per heavy atom. The van der Waals surface area contributed by atoms with E-state index in [9.17, 15) is 0 Å². The number of benzene rings is 1. The summed E-state index contributed by atoms with van der Waals surface area (Å²) in [6.07, 6.45) is 0.591. The van der Waals surface area contributed by atoms with E-state index in [0.717, 1.165) is 5.56 Å². The Morgan fingerprint density at radius 2 is 1.94 bits per heavy atom. The van der Waals surface area contributed by atoms with E-state index < -0.39 is 0 Å². The number of rotatable bonds is 3. The zero-order valence-electron chi connectivity index (χ0n) is 8.65. The summed E-state index contributed by atoms with van der Waals surface area (Å²) >= 11 is 11.6. The second-order valence-electron chi connectivity index (χ2n) is 3.45. The highest BCUT2D eigenvalue weighted by molar-refractivity contribution is 6.30. The molecule has 5 heteroatoms. The first-order valence-electron chi connectivity index (χ1n) is 4.86. The largest absolute Gasteiger partial charge is 0.423 e. The molecule has 1 unspecified atom stereocenters. The molecule has 84 valence electrons. The average Bonchev–Trinajstić information content (AvgIpc) is 2.70. The molecular weight excluding hydrogens is 247 g/mol. The van der Waals surface area contributed by atoms with Crippen LogP contribution in [0.25, 0.3) is 0 Å². The molecule has 0 spiro atoms. The first kappa shape index (κ1) is 11.4. The summed E-state index contributed by atoms with van der Waals surface area (Å²) < 4.78 is 5.39. The number of halogens is 2. The molecule has 16 heavy (non-hydrogen) atoms. The lowest BCUT2D eigenvalue weighted by Crippen LogP contribution is -1.87. The number of aromatic nitrogens is 2. The van der Waals surface area contributed by atoms with Crippen LogP contribution in [0.15, 0.2) is 28.7 Å². The minimum atomic E-state index is -0.258. The number of nitrogens with zero attached hydrogens (tertiary/aromatic N) is 2. The highest BCUT2D eigenvalue weighted by Crippen LogP contribution is 2.19. The highest BCUT2D eigenvalue weighted by atomic mass is 35.5. The van der Waals surface area contributed by atoms with E-state index in [-0.39, 0.29) is 5.38 Å². The molecular formula is C11H10Cl2N2O. The van der Waals surface area contributed by atoms with Gasteiger partial charge in [0.15, 0.2) is 0 Å². The van der Waals surface area contributed by atoms with Gasteiger partial charge in [0, 0.05) is 5.02 Å². The van der Waals surface area contributed by atoms with Crippen molar-refractivity contribution < 1.29 is 4.42 Å². The van der Waals surface area contributed by atoms with E-state index >= 15 is 0 Å². The Morgan fingerprint density at radius 3 is 2.50 bits per heavy atom. The first-order chi connectivity index (χ1) is 7.65. The topological polar surface area (TPSA) is 38.9 Å². The molecule has 0 amide bonds. The molecule has 0 saturated carbocycles. The van der Waals surface area contributed by atoms with Crippen LogP contribution in [0.5, 0.6) is 0 Å². The maximum absolute atomic E-state index is 5.83. The molecule has 1 heterocycles. The summed E-state index contributed by atoms with van der Waals surface area (Å²) in [6, 6.07) is 7.52. The van der Waals surface area contributed by atoms with Crippen molar-refractivity contribution >= 4 is 23.2 Å². The molecule has 1 aromatic heterocycles. The molecule has 2 aromatic rings. The quantitative estimate of drug-likeness (QED) is 0.788. The lowest BCUT2D eigenvalue weighted by molar-refractivity contribution is 0.458. The summed E-state index contributed by atoms with van der Waals surface area (Å²) in [6.45, 7) is 1.79. The average molecular weight is 257 g/mol. The fourth-order valence-corrected chi connectivity index (χ4v) is 1.49. The van der Waals surface area contributed by atoms with Crippen molar-refractivity contribution in [2.75, 3.05) is 0 Å². The van der Waals surface area contributed by atoms with E-state index in [2.05, 4.69) is 10.2 Å². The lowest BCUT2D eigenvalue weighted by Gasteiger charge is -1.97. The van der Waals surface area contributed by atoms with Gasteiger partial charge in [-0.3, -0.25) is 0 Å². The first-order valence-corrected chi connectivity index (χ1v) is 5.67. The van der Waals surface area contributed by atoms with E-state index in [1.807, 2.05) is 24.3 Å². The molecule has 0 aliphatic rings. The Kier molecular flexibility index (Phi) is 3.46. The van der Waals surface area contributed by atoms with E-state index in [0.29, 0.717) is 23.2 Å². The van der Waals surface area contributed by atoms with Crippen LogP contribution in [0.2, 0.25) is 5.02 Å². The molecule has 0 fully saturated rings. The maximum Gasteiger partial charge on any atom is 0.234 e. The van der Waals surface area contributed by atoms with Gasteiger partial charge in [0.1, 0.15) is 5.38 Å². The normalized spacial score (nSPS) is 12.7. The molecule has 1 aromatic carbocycles. The molecule has 3 nitrogen and oxygen atoms in total. The van der Waals surface area contributed by atoms with Gasteiger partial charge in [-0.15, -0.1) is 21.8 Å². The Bertz CT molecular complexity index is 465. The molecule has 0 radical (unpaired) electrons. The second-order valence-corrected chi connectivity index (χ2v) is 4.54. The van der Waals surface area contributed by atoms with Gasteiger partial charge < -0.3 is 4.42 Å². The standard InChI is InChI=1S/C11H10Cl2N2O/c1-7(12)11-15-14-10(16-11)6-8-2-4-9(13)5-3-8/h2-5,7H,6H2,1H3. The minimum Gasteiger partial charge on any atom is -0.423 e. The molecule has 0 aliphatic carbocycles. The zero-order chi connectivity index (χ0) is 11.5. The molecule has 0 saturated heterocycles. The summed E-state index contributed by atoms with van der Waals surface area (Å²) in [4.78, 5) is 0. The third-order valence-corrected chi connectivity index (χ3v) is 2.53. The number of hydrogen-bond acceptors (Lipinski definition) is 3.